The minimum atomic E-state index is -0.723. The van der Waals surface area contributed by atoms with Crippen molar-refractivity contribution in [1.29, 1.82) is 5.26 Å². The molecular formula is C12H11N3O3. The van der Waals surface area contributed by atoms with Crippen LogP contribution in [-0.4, -0.2) is 19.0 Å². The molecule has 92 valence electrons. The molecule has 0 unspecified atom stereocenters. The highest BCUT2D eigenvalue weighted by Gasteiger charge is 2.07. The summed E-state index contributed by atoms with van der Waals surface area (Å²) in [6.07, 6.45) is 1.23. The molecule has 0 saturated carbocycles. The fourth-order valence-electron chi connectivity index (χ4n) is 1.13. The van der Waals surface area contributed by atoms with E-state index >= 15 is 0 Å². The van der Waals surface area contributed by atoms with Crippen LogP contribution in [-0.2, 0) is 9.53 Å². The van der Waals surface area contributed by atoms with Crippen LogP contribution in [0.25, 0.3) is 0 Å². The Labute approximate surface area is 104 Å². The Balaban J connectivity index is 2.80. The molecule has 6 nitrogen and oxygen atoms in total. The molecule has 1 aromatic rings. The molecule has 0 bridgehead atoms. The average Bonchev–Trinajstić information content (AvgIpc) is 2.39. The summed E-state index contributed by atoms with van der Waals surface area (Å²) in [6.45, 7) is 0. The molecular weight excluding hydrogens is 234 g/mol. The Morgan fingerprint density at radius 3 is 2.44 bits per heavy atom. The molecule has 0 atom stereocenters. The van der Waals surface area contributed by atoms with Crippen molar-refractivity contribution in [2.45, 2.75) is 0 Å². The van der Waals surface area contributed by atoms with Gasteiger partial charge in [0.05, 0.1) is 7.11 Å². The standard InChI is InChI=1S/C12H11N3O3/c1-18-12(17)9(6-13)7-15-10-4-2-8(3-5-10)11(14)16/h2-5,7,15H,1H3,(H2,14,16)/b9-7+. The van der Waals surface area contributed by atoms with Gasteiger partial charge in [0, 0.05) is 17.5 Å². The lowest BCUT2D eigenvalue weighted by molar-refractivity contribution is -0.135. The Morgan fingerprint density at radius 2 is 2.00 bits per heavy atom. The number of esters is 1. The van der Waals surface area contributed by atoms with E-state index in [1.54, 1.807) is 18.2 Å². The number of nitrogens with zero attached hydrogens (tertiary/aromatic N) is 1. The Hall–Kier alpha value is -2.81. The maximum absolute atomic E-state index is 11.1. The van der Waals surface area contributed by atoms with Gasteiger partial charge in [-0.3, -0.25) is 4.79 Å². The van der Waals surface area contributed by atoms with E-state index in [1.807, 2.05) is 0 Å². The number of hydrogen-bond donors (Lipinski definition) is 2. The highest BCUT2D eigenvalue weighted by atomic mass is 16.5. The molecule has 0 fully saturated rings. The van der Waals surface area contributed by atoms with E-state index in [9.17, 15) is 9.59 Å². The molecule has 3 N–H and O–H groups in total. The zero-order valence-electron chi connectivity index (χ0n) is 9.64. The van der Waals surface area contributed by atoms with Crippen LogP contribution in [0.3, 0.4) is 0 Å². The maximum atomic E-state index is 11.1. The summed E-state index contributed by atoms with van der Waals surface area (Å²) in [6, 6.07) is 7.96. The molecule has 0 heterocycles. The SMILES string of the molecule is COC(=O)/C(C#N)=C/Nc1ccc(C(N)=O)cc1. The lowest BCUT2D eigenvalue weighted by atomic mass is 10.2. The molecule has 0 spiro atoms. The quantitative estimate of drug-likeness (QED) is 0.463. The van der Waals surface area contributed by atoms with E-state index in [0.29, 0.717) is 11.3 Å². The second-order valence-corrected chi connectivity index (χ2v) is 3.25. The van der Waals surface area contributed by atoms with E-state index in [2.05, 4.69) is 10.1 Å². The van der Waals surface area contributed by atoms with Crippen LogP contribution in [0.1, 0.15) is 10.4 Å². The number of hydrogen-bond acceptors (Lipinski definition) is 5. The van der Waals surface area contributed by atoms with Crippen LogP contribution in [0.15, 0.2) is 36.0 Å². The number of carbonyl (C=O) groups excluding carboxylic acids is 2. The predicted molar refractivity (Wildman–Crippen MR) is 64.3 cm³/mol. The topological polar surface area (TPSA) is 105 Å². The second kappa shape index (κ2) is 6.06. The average molecular weight is 245 g/mol. The molecule has 1 amide bonds. The predicted octanol–water partition coefficient (Wildman–Crippen LogP) is 0.778. The number of anilines is 1. The number of nitrogens with two attached hydrogens (primary N) is 1. The van der Waals surface area contributed by atoms with Crippen molar-refractivity contribution in [3.05, 3.63) is 41.6 Å². The highest BCUT2D eigenvalue weighted by Crippen LogP contribution is 2.09. The summed E-state index contributed by atoms with van der Waals surface area (Å²) >= 11 is 0. The van der Waals surface area contributed by atoms with Crippen LogP contribution >= 0.6 is 0 Å². The van der Waals surface area contributed by atoms with Crippen LogP contribution in [0.4, 0.5) is 5.69 Å². The van der Waals surface area contributed by atoms with Gasteiger partial charge in [-0.25, -0.2) is 4.79 Å². The number of benzene rings is 1. The number of amides is 1. The molecule has 0 radical (unpaired) electrons. The number of nitriles is 1. The van der Waals surface area contributed by atoms with E-state index in [1.165, 1.54) is 25.4 Å². The monoisotopic (exact) mass is 245 g/mol. The first kappa shape index (κ1) is 13.3. The fraction of sp³-hybridized carbons (Fsp3) is 0.0833. The Bertz CT molecular complexity index is 526. The Morgan fingerprint density at radius 1 is 1.39 bits per heavy atom. The maximum Gasteiger partial charge on any atom is 0.350 e. The summed E-state index contributed by atoms with van der Waals surface area (Å²) in [7, 11) is 1.19. The third kappa shape index (κ3) is 3.35. The number of nitrogens with one attached hydrogen (secondary N) is 1. The van der Waals surface area contributed by atoms with Crippen LogP contribution in [0.2, 0.25) is 0 Å². The molecule has 1 rings (SSSR count). The highest BCUT2D eigenvalue weighted by molar-refractivity contribution is 5.94. The van der Waals surface area contributed by atoms with Crippen molar-refractivity contribution in [3.8, 4) is 6.07 Å². The largest absolute Gasteiger partial charge is 0.465 e. The van der Waals surface area contributed by atoms with Crippen LogP contribution in [0.5, 0.6) is 0 Å². The van der Waals surface area contributed by atoms with Crippen LogP contribution < -0.4 is 11.1 Å². The molecule has 0 aliphatic heterocycles. The Kier molecular flexibility index (Phi) is 4.46. The normalized spacial score (nSPS) is 10.3. The molecule has 0 saturated heterocycles. The zero-order chi connectivity index (χ0) is 13.5. The van der Waals surface area contributed by atoms with Crippen molar-refractivity contribution < 1.29 is 14.3 Å². The summed E-state index contributed by atoms with van der Waals surface area (Å²) in [5.41, 5.74) is 5.91. The van der Waals surface area contributed by atoms with Gasteiger partial charge in [0.25, 0.3) is 0 Å². The van der Waals surface area contributed by atoms with E-state index in [0.717, 1.165) is 0 Å². The number of primary amides is 1. The summed E-state index contributed by atoms with van der Waals surface area (Å²) in [5, 5.41) is 11.4. The lowest BCUT2D eigenvalue weighted by Gasteiger charge is -2.02. The molecule has 1 aromatic carbocycles. The van der Waals surface area contributed by atoms with Gasteiger partial charge in [-0.1, -0.05) is 0 Å². The van der Waals surface area contributed by atoms with Crippen molar-refractivity contribution >= 4 is 17.6 Å². The minimum absolute atomic E-state index is 0.156. The van der Waals surface area contributed by atoms with Gasteiger partial charge in [-0.15, -0.1) is 0 Å². The van der Waals surface area contributed by atoms with Gasteiger partial charge in [0.1, 0.15) is 6.07 Å². The van der Waals surface area contributed by atoms with Crippen molar-refractivity contribution in [1.82, 2.24) is 0 Å². The minimum Gasteiger partial charge on any atom is -0.465 e. The fourth-order valence-corrected chi connectivity index (χ4v) is 1.13. The first-order chi connectivity index (χ1) is 8.58. The molecule has 0 aromatic heterocycles. The number of carbonyl (C=O) groups is 2. The van der Waals surface area contributed by atoms with E-state index in [-0.39, 0.29) is 5.57 Å². The van der Waals surface area contributed by atoms with Crippen LogP contribution in [0, 0.1) is 11.3 Å². The van der Waals surface area contributed by atoms with Crippen molar-refractivity contribution in [3.63, 3.8) is 0 Å². The van der Waals surface area contributed by atoms with Crippen molar-refractivity contribution in [2.75, 3.05) is 12.4 Å². The molecule has 0 aliphatic rings. The van der Waals surface area contributed by atoms with Gasteiger partial charge >= 0.3 is 5.97 Å². The lowest BCUT2D eigenvalue weighted by Crippen LogP contribution is -2.10. The van der Waals surface area contributed by atoms with Gasteiger partial charge in [-0.05, 0) is 24.3 Å². The third-order valence-corrected chi connectivity index (χ3v) is 2.08. The zero-order valence-corrected chi connectivity index (χ0v) is 9.64. The second-order valence-electron chi connectivity index (χ2n) is 3.25. The van der Waals surface area contributed by atoms with Gasteiger partial charge in [0.2, 0.25) is 5.91 Å². The van der Waals surface area contributed by atoms with E-state index < -0.39 is 11.9 Å². The first-order valence-corrected chi connectivity index (χ1v) is 4.93. The molecule has 0 aliphatic carbocycles. The first-order valence-electron chi connectivity index (χ1n) is 4.93. The van der Waals surface area contributed by atoms with Crippen molar-refractivity contribution in [2.24, 2.45) is 5.73 Å². The van der Waals surface area contributed by atoms with Gasteiger partial charge in [-0.2, -0.15) is 5.26 Å². The number of methoxy groups -OCH3 is 1. The third-order valence-electron chi connectivity index (χ3n) is 2.08. The molecule has 18 heavy (non-hydrogen) atoms. The van der Waals surface area contributed by atoms with Gasteiger partial charge < -0.3 is 15.8 Å². The van der Waals surface area contributed by atoms with Gasteiger partial charge in [0.15, 0.2) is 5.57 Å². The summed E-state index contributed by atoms with van der Waals surface area (Å²) < 4.78 is 4.41. The smallest absolute Gasteiger partial charge is 0.350 e. The number of ether oxygens (including phenoxy) is 1. The number of rotatable bonds is 4. The molecule has 6 heteroatoms. The summed E-state index contributed by atoms with van der Waals surface area (Å²) in [4.78, 5) is 21.9. The van der Waals surface area contributed by atoms with E-state index in [4.69, 9.17) is 11.0 Å². The summed E-state index contributed by atoms with van der Waals surface area (Å²) in [5.74, 6) is -1.25.